The molecule has 6 nitrogen and oxygen atoms in total. The molecule has 2 amide bonds. The predicted octanol–water partition coefficient (Wildman–Crippen LogP) is 0.00100. The summed E-state index contributed by atoms with van der Waals surface area (Å²) in [5, 5.41) is 2.23. The predicted molar refractivity (Wildman–Crippen MR) is 110 cm³/mol. The molecule has 1 aromatic carbocycles. The van der Waals surface area contributed by atoms with Crippen LogP contribution in [0.2, 0.25) is 0 Å². The van der Waals surface area contributed by atoms with Gasteiger partial charge in [-0.15, -0.1) is 6.42 Å². The molecule has 150 valence electrons. The van der Waals surface area contributed by atoms with Crippen LogP contribution < -0.4 is 56.7 Å². The zero-order valence-electron chi connectivity index (χ0n) is 17.0. The third-order valence-corrected chi connectivity index (χ3v) is 7.92. The molecule has 3 aliphatic rings. The number of benzene rings is 1. The van der Waals surface area contributed by atoms with Crippen LogP contribution in [0.25, 0.3) is 4.72 Å². The maximum Gasteiger partial charge on any atom is 1.00 e. The van der Waals surface area contributed by atoms with Crippen molar-refractivity contribution in [1.82, 2.24) is 4.90 Å². The number of nitrogens with zero attached hydrogens (tertiary/aromatic N) is 2. The number of fused-ring (bicyclic) bond motifs is 2. The van der Waals surface area contributed by atoms with E-state index in [-0.39, 0.29) is 51.4 Å². The summed E-state index contributed by atoms with van der Waals surface area (Å²) in [7, 11) is -3.83. The quantitative estimate of drug-likeness (QED) is 0.529. The zero-order valence-corrected chi connectivity index (χ0v) is 21.0. The average molecular weight is 440 g/mol. The Morgan fingerprint density at radius 1 is 1.14 bits per heavy atom. The number of rotatable bonds is 4. The van der Waals surface area contributed by atoms with Crippen molar-refractivity contribution < 1.29 is 64.6 Å². The number of hydrogen-bond donors (Lipinski definition) is 1. The van der Waals surface area contributed by atoms with E-state index in [9.17, 15) is 13.2 Å². The standard InChI is InChI=1S/C21H27N3O3S.K/c1-2-11-24-12-9-17(10-13-24)28(26,27)23-21(25)22-20-18-7-3-5-15(18)14-16-6-4-8-19(16)20;/h1,14,17H,3-13H2,(H2,22,23,25);/q;+1/p-1. The molecule has 0 spiro atoms. The number of terminal acetylenes is 1. The third-order valence-electron chi connectivity index (χ3n) is 6.19. The molecule has 8 heteroatoms. The van der Waals surface area contributed by atoms with E-state index in [1.807, 2.05) is 4.90 Å². The molecule has 1 heterocycles. The van der Waals surface area contributed by atoms with E-state index in [0.29, 0.717) is 32.5 Å². The van der Waals surface area contributed by atoms with Crippen molar-refractivity contribution in [3.63, 3.8) is 0 Å². The van der Waals surface area contributed by atoms with E-state index in [0.717, 1.165) is 44.2 Å². The number of nitrogens with one attached hydrogen (secondary N) is 1. The van der Waals surface area contributed by atoms with Crippen molar-refractivity contribution in [2.45, 2.75) is 56.6 Å². The molecule has 1 N–H and O–H groups in total. The van der Waals surface area contributed by atoms with E-state index in [2.05, 4.69) is 22.0 Å². The minimum Gasteiger partial charge on any atom is -0.423 e. The van der Waals surface area contributed by atoms with E-state index in [1.165, 1.54) is 22.3 Å². The number of carbonyl (C=O) groups is 1. The first-order valence-corrected chi connectivity index (χ1v) is 11.6. The van der Waals surface area contributed by atoms with Gasteiger partial charge >= 0.3 is 51.4 Å². The van der Waals surface area contributed by atoms with E-state index < -0.39 is 21.3 Å². The Balaban J connectivity index is 0.00000240. The number of piperidine rings is 1. The Morgan fingerprint density at radius 3 is 2.28 bits per heavy atom. The van der Waals surface area contributed by atoms with Crippen LogP contribution in [0.3, 0.4) is 0 Å². The fourth-order valence-electron chi connectivity index (χ4n) is 4.78. The van der Waals surface area contributed by atoms with Gasteiger partial charge in [0.2, 0.25) is 0 Å². The van der Waals surface area contributed by atoms with Crippen molar-refractivity contribution >= 4 is 21.7 Å². The minimum absolute atomic E-state index is 0. The molecular weight excluding hydrogens is 413 g/mol. The average Bonchev–Trinajstić information content (AvgIpc) is 3.31. The van der Waals surface area contributed by atoms with E-state index >= 15 is 0 Å². The normalized spacial score (nSPS) is 19.0. The van der Waals surface area contributed by atoms with Crippen molar-refractivity contribution in [2.24, 2.45) is 0 Å². The van der Waals surface area contributed by atoms with Crippen molar-refractivity contribution in [3.05, 3.63) is 33.0 Å². The van der Waals surface area contributed by atoms with Crippen LogP contribution >= 0.6 is 0 Å². The summed E-state index contributed by atoms with van der Waals surface area (Å²) in [6.07, 6.45) is 12.3. The molecule has 1 fully saturated rings. The summed E-state index contributed by atoms with van der Waals surface area (Å²) in [6, 6.07) is 1.51. The van der Waals surface area contributed by atoms with E-state index in [4.69, 9.17) is 6.42 Å². The summed E-state index contributed by atoms with van der Waals surface area (Å²) < 4.78 is 28.9. The van der Waals surface area contributed by atoms with Gasteiger partial charge in [0.15, 0.2) is 16.1 Å². The number of carbonyl (C=O) groups excluding carboxylic acids is 1. The summed E-state index contributed by atoms with van der Waals surface area (Å²) in [5.74, 6) is 2.58. The van der Waals surface area contributed by atoms with Crippen LogP contribution in [0.5, 0.6) is 0 Å². The van der Waals surface area contributed by atoms with Crippen molar-refractivity contribution in [1.29, 1.82) is 0 Å². The number of anilines is 1. The summed E-state index contributed by atoms with van der Waals surface area (Å²) >= 11 is 0. The Kier molecular flexibility index (Phi) is 7.87. The number of amides is 2. The second-order valence-electron chi connectivity index (χ2n) is 7.95. The third kappa shape index (κ3) is 5.09. The maximum absolute atomic E-state index is 12.6. The first-order valence-electron chi connectivity index (χ1n) is 10.1. The molecule has 0 radical (unpaired) electrons. The minimum atomic E-state index is -3.83. The largest absolute Gasteiger partial charge is 1.00 e. The first kappa shape index (κ1) is 23.3. The molecular formula is C21H26KN3O3S. The van der Waals surface area contributed by atoms with Crippen LogP contribution in [0.1, 0.15) is 47.9 Å². The Labute approximate surface area is 216 Å². The SMILES string of the molecule is C#CCN1CCC(S(=O)(=O)[N-]C(=O)Nc2c3c(cc4c2CCC4)CCC3)CC1.[K+]. The number of sulfonamides is 1. The Hall–Kier alpha value is -0.404. The second kappa shape index (κ2) is 9.82. The summed E-state index contributed by atoms with van der Waals surface area (Å²) in [5.41, 5.74) is 5.75. The Morgan fingerprint density at radius 2 is 1.72 bits per heavy atom. The van der Waals surface area contributed by atoms with Gasteiger partial charge < -0.3 is 10.0 Å². The van der Waals surface area contributed by atoms with Gasteiger partial charge in [0.05, 0.1) is 11.8 Å². The number of aryl methyl sites for hydroxylation is 2. The molecule has 4 rings (SSSR count). The van der Waals surface area contributed by atoms with Crippen molar-refractivity contribution in [3.8, 4) is 12.3 Å². The van der Waals surface area contributed by atoms with Crippen LogP contribution in [-0.4, -0.2) is 44.2 Å². The van der Waals surface area contributed by atoms with Crippen LogP contribution in [0.15, 0.2) is 6.07 Å². The number of hydrogen-bond acceptors (Lipinski definition) is 4. The fraction of sp³-hybridized carbons (Fsp3) is 0.571. The van der Waals surface area contributed by atoms with Crippen LogP contribution in [0.4, 0.5) is 10.5 Å². The van der Waals surface area contributed by atoms with Gasteiger partial charge in [-0.25, -0.2) is 8.42 Å². The molecule has 2 aliphatic carbocycles. The summed E-state index contributed by atoms with van der Waals surface area (Å²) in [6.45, 7) is 1.75. The monoisotopic (exact) mass is 439 g/mol. The topological polar surface area (TPSA) is 80.6 Å². The molecule has 0 atom stereocenters. The molecule has 1 saturated heterocycles. The second-order valence-corrected chi connectivity index (χ2v) is 9.83. The first-order chi connectivity index (χ1) is 13.5. The number of likely N-dealkylation sites (tertiary alicyclic amines) is 1. The van der Waals surface area contributed by atoms with E-state index in [1.54, 1.807) is 0 Å². The molecule has 0 aromatic heterocycles. The molecule has 1 aromatic rings. The van der Waals surface area contributed by atoms with Crippen LogP contribution in [0, 0.1) is 12.3 Å². The zero-order chi connectivity index (χ0) is 19.7. The number of urea groups is 1. The van der Waals surface area contributed by atoms with Gasteiger partial charge in [-0.05, 0) is 79.3 Å². The van der Waals surface area contributed by atoms with Gasteiger partial charge in [-0.2, -0.15) is 0 Å². The van der Waals surface area contributed by atoms with Gasteiger partial charge in [0.1, 0.15) is 0 Å². The molecule has 0 saturated carbocycles. The van der Waals surface area contributed by atoms with Gasteiger partial charge in [-0.3, -0.25) is 9.69 Å². The molecule has 29 heavy (non-hydrogen) atoms. The fourth-order valence-corrected chi connectivity index (χ4v) is 6.01. The van der Waals surface area contributed by atoms with Crippen molar-refractivity contribution in [2.75, 3.05) is 25.0 Å². The Bertz CT molecular complexity index is 899. The molecule has 0 unspecified atom stereocenters. The maximum atomic E-state index is 12.6. The van der Waals surface area contributed by atoms with Gasteiger partial charge in [0, 0.05) is 13.1 Å². The smallest absolute Gasteiger partial charge is 0.423 e. The molecule has 0 bridgehead atoms. The molecule has 1 aliphatic heterocycles. The van der Waals surface area contributed by atoms with Gasteiger partial charge in [-0.1, -0.05) is 12.0 Å². The van der Waals surface area contributed by atoms with Crippen LogP contribution in [-0.2, 0) is 35.7 Å². The summed E-state index contributed by atoms with van der Waals surface area (Å²) in [4.78, 5) is 14.6. The van der Waals surface area contributed by atoms with Gasteiger partial charge in [0.25, 0.3) is 0 Å².